The summed E-state index contributed by atoms with van der Waals surface area (Å²) in [5.74, 6) is -8.57. The van der Waals surface area contributed by atoms with E-state index in [0.29, 0.717) is 6.54 Å². The monoisotopic (exact) mass is 837 g/mol. The van der Waals surface area contributed by atoms with Gasteiger partial charge < -0.3 is 54.6 Å². The Balaban J connectivity index is 1.66. The third-order valence-electron chi connectivity index (χ3n) is 12.0. The third kappa shape index (κ3) is 9.26. The molecule has 2 aromatic carbocycles. The molecule has 16 heteroatoms. The zero-order valence-electron chi connectivity index (χ0n) is 35.7. The van der Waals surface area contributed by atoms with Gasteiger partial charge in [-0.05, 0) is 45.9 Å². The van der Waals surface area contributed by atoms with Crippen molar-refractivity contribution in [3.8, 4) is 23.0 Å². The number of nitrogens with zero attached hydrogens (tertiary/aromatic N) is 2. The van der Waals surface area contributed by atoms with E-state index in [-0.39, 0.29) is 51.1 Å². The highest BCUT2D eigenvalue weighted by molar-refractivity contribution is 6.23. The second-order valence-electron chi connectivity index (χ2n) is 16.2. The molecule has 0 saturated carbocycles. The third-order valence-corrected chi connectivity index (χ3v) is 12.0. The summed E-state index contributed by atoms with van der Waals surface area (Å²) < 4.78 is 23.6. The second-order valence-corrected chi connectivity index (χ2v) is 16.2. The Bertz CT molecular complexity index is 2070. The number of carbonyl (C=O) groups excluding carboxylic acids is 3. The molecule has 1 saturated heterocycles. The molecular formula is C44H59N3O13. The number of hydrogen-bond acceptors (Lipinski definition) is 15. The molecule has 0 spiro atoms. The van der Waals surface area contributed by atoms with E-state index in [0.717, 1.165) is 32.1 Å². The number of ether oxygens (including phenoxy) is 4. The number of phenols is 3. The number of nitrogens with one attached hydrogen (secondary N) is 1. The van der Waals surface area contributed by atoms with Gasteiger partial charge in [-0.25, -0.2) is 0 Å². The van der Waals surface area contributed by atoms with E-state index in [2.05, 4.69) is 15.4 Å². The molecular weight excluding hydrogens is 778 g/mol. The van der Waals surface area contributed by atoms with E-state index >= 15 is 0 Å². The number of ketones is 1. The standard InChI is InChI=1S/C44H59N3O13/c1-22-13-12-14-23(2)43(55)46-34-29(21-45-58-20-18-47-16-10-11-17-47)38(52)31-32(39(34)53)37(51)27(6)41-33(31)42(54)44(8,60-41)57-19-15-30(56-9)24(3)40(59-28(7)48)26(5)36(50)25(4)35(22)49/h12-15,19,21-22,24-26,30,35-36,40,49-53H,10-11,16-18,20H2,1-9H3,(H,46,55)/b13-12+,19-15+,23-14-,45-21-/t22-,24-,25-,26-,30+,35+,36-,40-,44+/m1/s1. The molecule has 0 unspecified atom stereocenters. The molecule has 1 fully saturated rings. The average Bonchev–Trinajstić information content (AvgIpc) is 3.83. The number of phenolic OH excluding ortho intramolecular Hbond substituents is 3. The number of fused-ring (bicyclic) bond motifs is 14. The summed E-state index contributed by atoms with van der Waals surface area (Å²) in [5, 5.41) is 64.3. The maximum Gasteiger partial charge on any atom is 0.312 e. The van der Waals surface area contributed by atoms with E-state index in [9.17, 15) is 39.9 Å². The van der Waals surface area contributed by atoms with E-state index < -0.39 is 88.8 Å². The van der Waals surface area contributed by atoms with Gasteiger partial charge in [0.25, 0.3) is 11.7 Å². The molecule has 16 nitrogen and oxygen atoms in total. The molecule has 4 aliphatic rings. The quantitative estimate of drug-likeness (QED) is 0.0527. The van der Waals surface area contributed by atoms with Gasteiger partial charge in [-0.1, -0.05) is 51.1 Å². The van der Waals surface area contributed by atoms with Crippen LogP contribution in [-0.2, 0) is 28.6 Å². The Morgan fingerprint density at radius 1 is 0.983 bits per heavy atom. The zero-order chi connectivity index (χ0) is 44.2. The maximum atomic E-state index is 14.4. The first-order valence-corrected chi connectivity index (χ1v) is 20.3. The molecule has 0 aromatic heterocycles. The van der Waals surface area contributed by atoms with Crippen LogP contribution in [0.4, 0.5) is 5.69 Å². The normalized spacial score (nSPS) is 31.4. The van der Waals surface area contributed by atoms with Gasteiger partial charge in [0.1, 0.15) is 30.0 Å². The fourth-order valence-electron chi connectivity index (χ4n) is 8.19. The first kappa shape index (κ1) is 45.9. The lowest BCUT2D eigenvalue weighted by Crippen LogP contribution is -2.46. The van der Waals surface area contributed by atoms with E-state index in [1.54, 1.807) is 39.8 Å². The molecule has 2 aromatic rings. The minimum atomic E-state index is -2.06. The number of Topliss-reactive ketones (excluding diaryl/α,β-unsaturated/α-hetero) is 1. The van der Waals surface area contributed by atoms with Crippen LogP contribution in [0.2, 0.25) is 0 Å². The van der Waals surface area contributed by atoms with Crippen LogP contribution in [0.5, 0.6) is 23.0 Å². The summed E-state index contributed by atoms with van der Waals surface area (Å²) in [6, 6.07) is 0. The Morgan fingerprint density at radius 2 is 1.67 bits per heavy atom. The summed E-state index contributed by atoms with van der Waals surface area (Å²) in [4.78, 5) is 48.2. The van der Waals surface area contributed by atoms with Crippen molar-refractivity contribution in [3.63, 3.8) is 0 Å². The number of amides is 1. The van der Waals surface area contributed by atoms with Crippen molar-refractivity contribution in [3.05, 3.63) is 52.8 Å². The van der Waals surface area contributed by atoms with Gasteiger partial charge in [0.2, 0.25) is 0 Å². The fraction of sp³-hybridized carbons (Fsp3) is 0.545. The number of esters is 1. The van der Waals surface area contributed by atoms with Crippen LogP contribution in [0.3, 0.4) is 0 Å². The number of benzene rings is 2. The summed E-state index contributed by atoms with van der Waals surface area (Å²) in [5.41, 5.74) is -0.561. The van der Waals surface area contributed by atoms with Crippen molar-refractivity contribution >= 4 is 40.3 Å². The molecule has 6 N–H and O–H groups in total. The first-order chi connectivity index (χ1) is 28.3. The van der Waals surface area contributed by atoms with Gasteiger partial charge in [-0.2, -0.15) is 0 Å². The smallest absolute Gasteiger partial charge is 0.312 e. The molecule has 328 valence electrons. The van der Waals surface area contributed by atoms with Crippen molar-refractivity contribution in [2.24, 2.45) is 28.8 Å². The van der Waals surface area contributed by atoms with Crippen molar-refractivity contribution in [2.45, 2.75) is 98.4 Å². The average molecular weight is 838 g/mol. The molecule has 0 aliphatic carbocycles. The topological polar surface area (TPSA) is 226 Å². The molecule has 4 aliphatic heterocycles. The van der Waals surface area contributed by atoms with Crippen LogP contribution in [0.15, 0.2) is 41.3 Å². The molecule has 1 amide bonds. The van der Waals surface area contributed by atoms with Gasteiger partial charge >= 0.3 is 11.8 Å². The Labute approximate surface area is 350 Å². The van der Waals surface area contributed by atoms with Gasteiger partial charge in [-0.15, -0.1) is 0 Å². The number of allylic oxidation sites excluding steroid dienone is 2. The van der Waals surface area contributed by atoms with E-state index in [1.165, 1.54) is 53.2 Å². The van der Waals surface area contributed by atoms with Gasteiger partial charge in [0, 0.05) is 67.7 Å². The lowest BCUT2D eigenvalue weighted by atomic mass is 9.78. The van der Waals surface area contributed by atoms with Gasteiger partial charge in [0.15, 0.2) is 5.75 Å². The molecule has 5 bridgehead atoms. The Kier molecular flexibility index (Phi) is 14.6. The number of methoxy groups -OCH3 is 1. The molecule has 0 radical (unpaired) electrons. The highest BCUT2D eigenvalue weighted by Crippen LogP contribution is 2.55. The largest absolute Gasteiger partial charge is 0.507 e. The van der Waals surface area contributed by atoms with Crippen molar-refractivity contribution in [1.82, 2.24) is 4.90 Å². The van der Waals surface area contributed by atoms with E-state index in [1.807, 2.05) is 0 Å². The number of anilines is 1. The predicted octanol–water partition coefficient (Wildman–Crippen LogP) is 5.20. The number of hydrogen-bond donors (Lipinski definition) is 6. The summed E-state index contributed by atoms with van der Waals surface area (Å²) >= 11 is 0. The molecule has 60 heavy (non-hydrogen) atoms. The van der Waals surface area contributed by atoms with Crippen molar-refractivity contribution in [2.75, 3.05) is 38.7 Å². The molecule has 9 atom stereocenters. The van der Waals surface area contributed by atoms with Crippen molar-refractivity contribution in [1.29, 1.82) is 0 Å². The summed E-state index contributed by atoms with van der Waals surface area (Å²) in [6.45, 7) is 15.2. The SMILES string of the molecule is CO[C@H]1/C=C/O[C@@]2(C)Oc3c(C)c(O)c4c(O)c(c(/C=N\OCCN5CCCC5)c(O)c4c3C2=O)NC(=O)/C(C)=C\C=C\[C@@H](C)[C@H](O)[C@@H](C)[C@@H](O)[C@@H](C)[C@H](OC(C)=O)[C@@H]1C. The number of rotatable bonds is 7. The zero-order valence-corrected chi connectivity index (χ0v) is 35.7. The Hall–Kier alpha value is -5.16. The lowest BCUT2D eigenvalue weighted by molar-refractivity contribution is -0.160. The highest BCUT2D eigenvalue weighted by Gasteiger charge is 2.50. The summed E-state index contributed by atoms with van der Waals surface area (Å²) in [6.07, 6.45) is 6.78. The van der Waals surface area contributed by atoms with Gasteiger partial charge in [-0.3, -0.25) is 19.3 Å². The minimum absolute atomic E-state index is 0.0400. The lowest BCUT2D eigenvalue weighted by Gasteiger charge is -2.38. The highest BCUT2D eigenvalue weighted by atomic mass is 16.7. The maximum absolute atomic E-state index is 14.4. The summed E-state index contributed by atoms with van der Waals surface area (Å²) in [7, 11) is 1.43. The number of carbonyl (C=O) groups is 3. The van der Waals surface area contributed by atoms with Crippen LogP contribution >= 0.6 is 0 Å². The number of aliphatic hydroxyl groups is 2. The van der Waals surface area contributed by atoms with E-state index in [4.69, 9.17) is 23.8 Å². The van der Waals surface area contributed by atoms with Crippen LogP contribution in [0.25, 0.3) is 10.8 Å². The van der Waals surface area contributed by atoms with Crippen LogP contribution in [-0.4, -0.2) is 118 Å². The van der Waals surface area contributed by atoms with Crippen LogP contribution in [0, 0.1) is 30.6 Å². The Morgan fingerprint density at radius 3 is 2.32 bits per heavy atom. The number of aromatic hydroxyl groups is 3. The van der Waals surface area contributed by atoms with Crippen molar-refractivity contribution < 1.29 is 63.7 Å². The molecule has 6 rings (SSSR count). The number of oxime groups is 1. The first-order valence-electron chi connectivity index (χ1n) is 20.3. The predicted molar refractivity (Wildman–Crippen MR) is 223 cm³/mol. The van der Waals surface area contributed by atoms with Crippen LogP contribution in [0.1, 0.15) is 82.8 Å². The minimum Gasteiger partial charge on any atom is -0.507 e. The molecule has 4 heterocycles. The van der Waals surface area contributed by atoms with Gasteiger partial charge in [0.05, 0.1) is 53.0 Å². The fourth-order valence-corrected chi connectivity index (χ4v) is 8.19. The number of aliphatic hydroxyl groups excluding tert-OH is 2. The number of likely N-dealkylation sites (tertiary alicyclic amines) is 1. The second kappa shape index (κ2) is 19.0. The van der Waals surface area contributed by atoms with Crippen LogP contribution < -0.4 is 10.1 Å².